The normalized spacial score (nSPS) is 14.3. The first kappa shape index (κ1) is 25.5. The van der Waals surface area contributed by atoms with Crippen molar-refractivity contribution in [1.29, 1.82) is 0 Å². The van der Waals surface area contributed by atoms with Crippen LogP contribution in [0.5, 0.6) is 11.5 Å². The Labute approximate surface area is 220 Å². The van der Waals surface area contributed by atoms with Crippen molar-refractivity contribution < 1.29 is 23.9 Å². The number of hydrogen-bond acceptors (Lipinski definition) is 7. The fourth-order valence-corrected chi connectivity index (χ4v) is 4.86. The Morgan fingerprint density at radius 1 is 1.17 bits per heavy atom. The van der Waals surface area contributed by atoms with Gasteiger partial charge in [-0.3, -0.25) is 24.3 Å². The van der Waals surface area contributed by atoms with Gasteiger partial charge in [-0.2, -0.15) is 0 Å². The molecule has 3 amide bonds. The third-order valence-corrected chi connectivity index (χ3v) is 6.61. The van der Waals surface area contributed by atoms with E-state index < -0.39 is 17.1 Å². The molecule has 0 radical (unpaired) electrons. The highest BCUT2D eigenvalue weighted by Crippen LogP contribution is 2.39. The molecule has 0 atom stereocenters. The van der Waals surface area contributed by atoms with Crippen LogP contribution in [-0.4, -0.2) is 40.6 Å². The predicted molar refractivity (Wildman–Crippen MR) is 142 cm³/mol. The Bertz CT molecular complexity index is 1350. The molecule has 3 aromatic rings. The Morgan fingerprint density at radius 2 is 2.00 bits per heavy atom. The lowest BCUT2D eigenvalue weighted by atomic mass is 10.2. The van der Waals surface area contributed by atoms with E-state index in [9.17, 15) is 14.4 Å². The Balaban J connectivity index is 1.47. The monoisotopic (exact) mass is 567 g/mol. The van der Waals surface area contributed by atoms with Gasteiger partial charge in [0.2, 0.25) is 5.91 Å². The largest absolute Gasteiger partial charge is 0.493 e. The molecular weight excluding hydrogens is 546 g/mol. The van der Waals surface area contributed by atoms with Gasteiger partial charge in [0.05, 0.1) is 22.2 Å². The number of benzene rings is 2. The standard InChI is InChI=1S/C26H22BrN3O5S/c1-16-6-5-8-18(10-16)29-23(31)14-30-25(32)22(36-26(30)33)13-17-11-20(27)24(21(12-17)34-2)35-15-19-7-3-4-9-28-19/h3-13H,14-15H2,1-2H3,(H,29,31). The molecule has 0 spiro atoms. The van der Waals surface area contributed by atoms with Crippen molar-refractivity contribution in [2.45, 2.75) is 13.5 Å². The van der Waals surface area contributed by atoms with E-state index in [2.05, 4.69) is 26.2 Å². The van der Waals surface area contributed by atoms with E-state index >= 15 is 0 Å². The average Bonchev–Trinajstić information content (AvgIpc) is 3.11. The summed E-state index contributed by atoms with van der Waals surface area (Å²) in [5.74, 6) is -0.0533. The number of hydrogen-bond donors (Lipinski definition) is 1. The number of methoxy groups -OCH3 is 1. The summed E-state index contributed by atoms with van der Waals surface area (Å²) >= 11 is 4.27. The van der Waals surface area contributed by atoms with Gasteiger partial charge in [-0.25, -0.2) is 0 Å². The van der Waals surface area contributed by atoms with E-state index in [1.807, 2.05) is 37.3 Å². The number of nitrogens with zero attached hydrogens (tertiary/aromatic N) is 2. The van der Waals surface area contributed by atoms with Gasteiger partial charge in [-0.15, -0.1) is 0 Å². The number of imide groups is 1. The number of anilines is 1. The van der Waals surface area contributed by atoms with E-state index in [0.717, 1.165) is 27.9 Å². The van der Waals surface area contributed by atoms with Crippen LogP contribution in [-0.2, 0) is 16.2 Å². The van der Waals surface area contributed by atoms with Crippen molar-refractivity contribution in [3.05, 3.63) is 87.0 Å². The third-order valence-electron chi connectivity index (χ3n) is 5.12. The number of amides is 3. The number of aromatic nitrogens is 1. The maximum Gasteiger partial charge on any atom is 0.294 e. The molecule has 1 N–H and O–H groups in total. The van der Waals surface area contributed by atoms with Gasteiger partial charge in [0.15, 0.2) is 11.5 Å². The fraction of sp³-hybridized carbons (Fsp3) is 0.154. The van der Waals surface area contributed by atoms with Crippen LogP contribution in [0.4, 0.5) is 10.5 Å². The highest BCUT2D eigenvalue weighted by molar-refractivity contribution is 9.10. The van der Waals surface area contributed by atoms with Crippen molar-refractivity contribution in [1.82, 2.24) is 9.88 Å². The molecule has 0 saturated carbocycles. The summed E-state index contributed by atoms with van der Waals surface area (Å²) in [6, 6.07) is 16.3. The fourth-order valence-electron chi connectivity index (χ4n) is 3.45. The molecule has 1 saturated heterocycles. The van der Waals surface area contributed by atoms with Crippen molar-refractivity contribution in [3.63, 3.8) is 0 Å². The van der Waals surface area contributed by atoms with Gasteiger partial charge < -0.3 is 14.8 Å². The maximum atomic E-state index is 12.9. The van der Waals surface area contributed by atoms with Crippen LogP contribution >= 0.6 is 27.7 Å². The van der Waals surface area contributed by atoms with Gasteiger partial charge in [0, 0.05) is 11.9 Å². The summed E-state index contributed by atoms with van der Waals surface area (Å²) in [5.41, 5.74) is 2.97. The molecule has 184 valence electrons. The number of thioether (sulfide) groups is 1. The van der Waals surface area contributed by atoms with Crippen molar-refractivity contribution in [2.24, 2.45) is 0 Å². The van der Waals surface area contributed by atoms with Crippen LogP contribution in [0, 0.1) is 6.92 Å². The van der Waals surface area contributed by atoms with E-state index in [4.69, 9.17) is 9.47 Å². The highest BCUT2D eigenvalue weighted by atomic mass is 79.9. The van der Waals surface area contributed by atoms with Crippen LogP contribution in [0.1, 0.15) is 16.8 Å². The second-order valence-corrected chi connectivity index (χ2v) is 9.68. The number of carbonyl (C=O) groups excluding carboxylic acids is 3. The lowest BCUT2D eigenvalue weighted by Gasteiger charge is -2.14. The molecule has 1 aliphatic heterocycles. The summed E-state index contributed by atoms with van der Waals surface area (Å²) in [4.78, 5) is 43.2. The summed E-state index contributed by atoms with van der Waals surface area (Å²) in [7, 11) is 1.51. The van der Waals surface area contributed by atoms with E-state index in [0.29, 0.717) is 27.2 Å². The molecule has 0 unspecified atom stereocenters. The Hall–Kier alpha value is -3.63. The minimum absolute atomic E-state index is 0.208. The third kappa shape index (κ3) is 6.13. The summed E-state index contributed by atoms with van der Waals surface area (Å²) in [6.07, 6.45) is 3.27. The summed E-state index contributed by atoms with van der Waals surface area (Å²) in [6.45, 7) is 1.78. The molecule has 1 aromatic heterocycles. The SMILES string of the molecule is COc1cc(C=C2SC(=O)N(CC(=O)Nc3cccc(C)c3)C2=O)cc(Br)c1OCc1ccccn1. The van der Waals surface area contributed by atoms with E-state index in [-0.39, 0.29) is 18.1 Å². The first-order valence-corrected chi connectivity index (χ1v) is 12.5. The number of ether oxygens (including phenoxy) is 2. The quantitative estimate of drug-likeness (QED) is 0.363. The summed E-state index contributed by atoms with van der Waals surface area (Å²) in [5, 5.41) is 2.21. The lowest BCUT2D eigenvalue weighted by molar-refractivity contribution is -0.127. The first-order chi connectivity index (χ1) is 17.3. The van der Waals surface area contributed by atoms with E-state index in [1.165, 1.54) is 7.11 Å². The zero-order chi connectivity index (χ0) is 25.7. The first-order valence-electron chi connectivity index (χ1n) is 10.9. The molecule has 36 heavy (non-hydrogen) atoms. The van der Waals surface area contributed by atoms with Gasteiger partial charge in [0.1, 0.15) is 13.2 Å². The van der Waals surface area contributed by atoms with Gasteiger partial charge in [-0.1, -0.05) is 18.2 Å². The molecule has 0 bridgehead atoms. The number of aryl methyl sites for hydroxylation is 1. The Kier molecular flexibility index (Phi) is 8.07. The topological polar surface area (TPSA) is 97.8 Å². The van der Waals surface area contributed by atoms with E-state index in [1.54, 1.807) is 36.5 Å². The molecule has 10 heteroatoms. The maximum absolute atomic E-state index is 12.9. The minimum atomic E-state index is -0.532. The van der Waals surface area contributed by atoms with Crippen LogP contribution in [0.25, 0.3) is 6.08 Å². The predicted octanol–water partition coefficient (Wildman–Crippen LogP) is 5.42. The number of nitrogens with one attached hydrogen (secondary N) is 1. The molecule has 8 nitrogen and oxygen atoms in total. The second kappa shape index (κ2) is 11.4. The van der Waals surface area contributed by atoms with Crippen molar-refractivity contribution in [2.75, 3.05) is 19.0 Å². The number of halogens is 1. The van der Waals surface area contributed by atoms with Gasteiger partial charge in [0.25, 0.3) is 11.1 Å². The van der Waals surface area contributed by atoms with Crippen LogP contribution in [0.2, 0.25) is 0 Å². The van der Waals surface area contributed by atoms with Crippen molar-refractivity contribution >= 4 is 56.5 Å². The molecule has 4 rings (SSSR count). The lowest BCUT2D eigenvalue weighted by Crippen LogP contribution is -2.36. The van der Waals surface area contributed by atoms with Crippen LogP contribution in [0.3, 0.4) is 0 Å². The number of pyridine rings is 1. The molecule has 0 aliphatic carbocycles. The zero-order valence-electron chi connectivity index (χ0n) is 19.5. The second-order valence-electron chi connectivity index (χ2n) is 7.83. The average molecular weight is 568 g/mol. The summed E-state index contributed by atoms with van der Waals surface area (Å²) < 4.78 is 12.0. The molecule has 1 aliphatic rings. The molecule has 2 heterocycles. The van der Waals surface area contributed by atoms with Gasteiger partial charge in [-0.05, 0) is 88.2 Å². The zero-order valence-corrected chi connectivity index (χ0v) is 21.9. The van der Waals surface area contributed by atoms with Gasteiger partial charge >= 0.3 is 0 Å². The van der Waals surface area contributed by atoms with Crippen LogP contribution < -0.4 is 14.8 Å². The Morgan fingerprint density at radius 3 is 2.72 bits per heavy atom. The van der Waals surface area contributed by atoms with Crippen LogP contribution in [0.15, 0.2) is 70.2 Å². The molecule has 1 fully saturated rings. The highest BCUT2D eigenvalue weighted by Gasteiger charge is 2.36. The smallest absolute Gasteiger partial charge is 0.294 e. The number of rotatable bonds is 8. The number of carbonyl (C=O) groups is 3. The van der Waals surface area contributed by atoms with Crippen molar-refractivity contribution in [3.8, 4) is 11.5 Å². The molecule has 2 aromatic carbocycles. The minimum Gasteiger partial charge on any atom is -0.493 e. The molecular formula is C26H22BrN3O5S.